The Bertz CT molecular complexity index is 1210. The number of piperidine rings is 1. The quantitative estimate of drug-likeness (QED) is 0.224. The van der Waals surface area contributed by atoms with E-state index in [0.717, 1.165) is 19.0 Å². The zero-order valence-electron chi connectivity index (χ0n) is 20.7. The van der Waals surface area contributed by atoms with Gasteiger partial charge in [0.1, 0.15) is 23.6 Å². The molecule has 1 aliphatic heterocycles. The molecule has 0 unspecified atom stereocenters. The summed E-state index contributed by atoms with van der Waals surface area (Å²) in [5.74, 6) is -1.39. The molecule has 2 aromatic carbocycles. The lowest BCUT2D eigenvalue weighted by Crippen LogP contribution is -2.44. The third-order valence-corrected chi connectivity index (χ3v) is 8.05. The molecule has 0 aliphatic carbocycles. The third kappa shape index (κ3) is 7.17. The number of nitrogens with zero attached hydrogens (tertiary/aromatic N) is 2. The highest BCUT2D eigenvalue weighted by atomic mass is 32.2. The van der Waals surface area contributed by atoms with E-state index < -0.39 is 29.7 Å². The van der Waals surface area contributed by atoms with E-state index in [4.69, 9.17) is 4.74 Å². The van der Waals surface area contributed by atoms with E-state index in [-0.39, 0.29) is 12.3 Å². The molecule has 0 amide bonds. The summed E-state index contributed by atoms with van der Waals surface area (Å²) in [5, 5.41) is 10.6. The molecule has 9 heteroatoms. The van der Waals surface area contributed by atoms with Gasteiger partial charge in [0.05, 0.1) is 18.5 Å². The lowest BCUT2D eigenvalue weighted by molar-refractivity contribution is -0.146. The predicted molar refractivity (Wildman–Crippen MR) is 139 cm³/mol. The molecule has 1 aromatic heterocycles. The number of thioether (sulfide) groups is 1. The first-order valence-electron chi connectivity index (χ1n) is 12.4. The first kappa shape index (κ1) is 27.3. The molecular formula is C28H31F3N2O3S. The summed E-state index contributed by atoms with van der Waals surface area (Å²) >= 11 is 1.38. The number of carboxylic acid groups (broad SMARTS) is 1. The Morgan fingerprint density at radius 1 is 1.22 bits per heavy atom. The van der Waals surface area contributed by atoms with Crippen molar-refractivity contribution >= 4 is 28.6 Å². The highest BCUT2D eigenvalue weighted by Crippen LogP contribution is 2.35. The molecule has 3 atom stereocenters. The fraction of sp³-hybridized carbons (Fsp3) is 0.429. The van der Waals surface area contributed by atoms with Crippen LogP contribution in [0.1, 0.15) is 37.4 Å². The maximum absolute atomic E-state index is 15.4. The number of likely N-dealkylation sites (tertiary alicyclic amines) is 1. The monoisotopic (exact) mass is 532 g/mol. The molecule has 4 rings (SSSR count). The third-order valence-electron chi connectivity index (χ3n) is 6.99. The number of aromatic nitrogens is 1. The van der Waals surface area contributed by atoms with E-state index in [1.165, 1.54) is 23.9 Å². The van der Waals surface area contributed by atoms with Crippen molar-refractivity contribution in [3.8, 4) is 5.75 Å². The van der Waals surface area contributed by atoms with Crippen LogP contribution in [0.3, 0.4) is 0 Å². The Labute approximate surface area is 219 Å². The molecule has 1 saturated heterocycles. The number of carbonyl (C=O) groups is 1. The lowest BCUT2D eigenvalue weighted by atomic mass is 9.81. The van der Waals surface area contributed by atoms with Gasteiger partial charge in [-0.2, -0.15) is 0 Å². The minimum Gasteiger partial charge on any atom is -0.497 e. The van der Waals surface area contributed by atoms with E-state index in [1.807, 2.05) is 0 Å². The van der Waals surface area contributed by atoms with Crippen molar-refractivity contribution in [3.63, 3.8) is 0 Å². The zero-order chi connectivity index (χ0) is 26.4. The molecule has 0 spiro atoms. The Kier molecular flexibility index (Phi) is 9.32. The number of hydrogen-bond acceptors (Lipinski definition) is 5. The molecule has 3 aromatic rings. The fourth-order valence-electron chi connectivity index (χ4n) is 5.05. The summed E-state index contributed by atoms with van der Waals surface area (Å²) in [5.41, 5.74) is 1.24. The van der Waals surface area contributed by atoms with Gasteiger partial charge in [-0.3, -0.25) is 9.78 Å². The van der Waals surface area contributed by atoms with E-state index in [1.54, 1.807) is 37.6 Å². The number of fused-ring (bicyclic) bond motifs is 1. The SMILES string of the molecule is COc1ccc2nccc([C@@H](F)CC[C@@H]3CCN(CCCSc4cc(F)cc(F)c4)C[C@@H]3C(=O)O)c2c1. The number of methoxy groups -OCH3 is 1. The maximum Gasteiger partial charge on any atom is 0.308 e. The number of ether oxygens (including phenoxy) is 1. The van der Waals surface area contributed by atoms with Crippen LogP contribution in [0.2, 0.25) is 0 Å². The van der Waals surface area contributed by atoms with Crippen LogP contribution in [-0.4, -0.2) is 53.5 Å². The number of hydrogen-bond donors (Lipinski definition) is 1. The zero-order valence-corrected chi connectivity index (χ0v) is 21.5. The molecule has 2 heterocycles. The first-order valence-corrected chi connectivity index (χ1v) is 13.4. The topological polar surface area (TPSA) is 62.7 Å². The highest BCUT2D eigenvalue weighted by molar-refractivity contribution is 7.99. The second kappa shape index (κ2) is 12.6. The van der Waals surface area contributed by atoms with Crippen LogP contribution in [-0.2, 0) is 4.79 Å². The van der Waals surface area contributed by atoms with Gasteiger partial charge in [0.15, 0.2) is 0 Å². The Hall–Kier alpha value is -2.78. The summed E-state index contributed by atoms with van der Waals surface area (Å²) < 4.78 is 47.3. The summed E-state index contributed by atoms with van der Waals surface area (Å²) in [6, 6.07) is 10.5. The molecule has 37 heavy (non-hydrogen) atoms. The van der Waals surface area contributed by atoms with Gasteiger partial charge in [-0.15, -0.1) is 11.8 Å². The molecule has 5 nitrogen and oxygen atoms in total. The van der Waals surface area contributed by atoms with Gasteiger partial charge in [-0.1, -0.05) is 0 Å². The average Bonchev–Trinajstić information content (AvgIpc) is 2.88. The van der Waals surface area contributed by atoms with Crippen molar-refractivity contribution in [3.05, 3.63) is 65.9 Å². The van der Waals surface area contributed by atoms with Gasteiger partial charge >= 0.3 is 5.97 Å². The van der Waals surface area contributed by atoms with E-state index in [2.05, 4.69) is 9.88 Å². The Morgan fingerprint density at radius 2 is 2.00 bits per heavy atom. The van der Waals surface area contributed by atoms with Crippen molar-refractivity contribution in [2.75, 3.05) is 32.5 Å². The van der Waals surface area contributed by atoms with Gasteiger partial charge in [0, 0.05) is 29.1 Å². The van der Waals surface area contributed by atoms with Crippen LogP contribution >= 0.6 is 11.8 Å². The molecule has 0 bridgehead atoms. The number of aliphatic carboxylic acids is 1. The second-order valence-corrected chi connectivity index (χ2v) is 10.6. The predicted octanol–water partition coefficient (Wildman–Crippen LogP) is 6.52. The number of benzene rings is 2. The molecule has 1 fully saturated rings. The number of rotatable bonds is 11. The van der Waals surface area contributed by atoms with Gasteiger partial charge in [-0.05, 0) is 92.4 Å². The van der Waals surface area contributed by atoms with Gasteiger partial charge in [0.25, 0.3) is 0 Å². The Balaban J connectivity index is 1.29. The van der Waals surface area contributed by atoms with Crippen molar-refractivity contribution in [1.29, 1.82) is 0 Å². The minimum absolute atomic E-state index is 0.0979. The van der Waals surface area contributed by atoms with Crippen molar-refractivity contribution < 1.29 is 27.8 Å². The smallest absolute Gasteiger partial charge is 0.308 e. The van der Waals surface area contributed by atoms with Gasteiger partial charge < -0.3 is 14.7 Å². The normalized spacial score (nSPS) is 19.1. The lowest BCUT2D eigenvalue weighted by Gasteiger charge is -2.36. The van der Waals surface area contributed by atoms with Crippen LogP contribution in [0, 0.1) is 23.5 Å². The molecule has 1 N–H and O–H groups in total. The summed E-state index contributed by atoms with van der Waals surface area (Å²) in [6.07, 6.45) is 2.56. The van der Waals surface area contributed by atoms with E-state index in [9.17, 15) is 18.7 Å². The summed E-state index contributed by atoms with van der Waals surface area (Å²) in [4.78, 5) is 19.0. The standard InChI is InChI=1S/C28H31F3N2O3S/c1-36-21-4-6-27-24(16-21)23(7-9-32-27)26(31)5-3-18-8-11-33(17-25(18)28(34)35)10-2-12-37-22-14-19(29)13-20(30)15-22/h4,6-7,9,13-16,18,25-26H,2-3,5,8,10-12,17H2,1H3,(H,34,35)/t18-,25+,26+/m1/s1. The van der Waals surface area contributed by atoms with E-state index in [0.29, 0.717) is 58.8 Å². The largest absolute Gasteiger partial charge is 0.497 e. The number of alkyl halides is 1. The van der Waals surface area contributed by atoms with Gasteiger partial charge in [0.2, 0.25) is 0 Å². The van der Waals surface area contributed by atoms with Crippen LogP contribution in [0.25, 0.3) is 10.9 Å². The van der Waals surface area contributed by atoms with Crippen LogP contribution < -0.4 is 4.74 Å². The number of halogens is 3. The van der Waals surface area contributed by atoms with E-state index >= 15 is 4.39 Å². The number of pyridine rings is 1. The van der Waals surface area contributed by atoms with Crippen molar-refractivity contribution in [2.24, 2.45) is 11.8 Å². The van der Waals surface area contributed by atoms with Gasteiger partial charge in [-0.25, -0.2) is 13.2 Å². The summed E-state index contributed by atoms with van der Waals surface area (Å²) in [6.45, 7) is 1.88. The molecular weight excluding hydrogens is 501 g/mol. The van der Waals surface area contributed by atoms with Crippen LogP contribution in [0.5, 0.6) is 5.75 Å². The van der Waals surface area contributed by atoms with Crippen molar-refractivity contribution in [1.82, 2.24) is 9.88 Å². The summed E-state index contributed by atoms with van der Waals surface area (Å²) in [7, 11) is 1.56. The molecule has 198 valence electrons. The Morgan fingerprint density at radius 3 is 2.73 bits per heavy atom. The first-order chi connectivity index (χ1) is 17.8. The molecule has 0 saturated carbocycles. The fourth-order valence-corrected chi connectivity index (χ4v) is 5.95. The second-order valence-electron chi connectivity index (χ2n) is 9.43. The average molecular weight is 533 g/mol. The highest BCUT2D eigenvalue weighted by Gasteiger charge is 2.34. The molecule has 1 aliphatic rings. The van der Waals surface area contributed by atoms with Crippen LogP contribution in [0.15, 0.2) is 53.6 Å². The number of carboxylic acids is 1. The minimum atomic E-state index is -1.23. The van der Waals surface area contributed by atoms with Crippen molar-refractivity contribution in [2.45, 2.75) is 36.8 Å². The maximum atomic E-state index is 15.4. The molecule has 0 radical (unpaired) electrons. The van der Waals surface area contributed by atoms with Crippen LogP contribution in [0.4, 0.5) is 13.2 Å².